The Labute approximate surface area is 155 Å². The van der Waals surface area contributed by atoms with Gasteiger partial charge >= 0.3 is 0 Å². The van der Waals surface area contributed by atoms with Crippen LogP contribution in [-0.4, -0.2) is 37.3 Å². The highest BCUT2D eigenvalue weighted by atomic mass is 16.5. The van der Waals surface area contributed by atoms with Crippen molar-refractivity contribution in [3.8, 4) is 0 Å². The van der Waals surface area contributed by atoms with Crippen LogP contribution in [0.2, 0.25) is 0 Å². The maximum Gasteiger partial charge on any atom is 0.275 e. The Morgan fingerprint density at radius 1 is 1.33 bits per heavy atom. The lowest BCUT2D eigenvalue weighted by atomic mass is 10.2. The molecule has 1 aliphatic rings. The van der Waals surface area contributed by atoms with Gasteiger partial charge in [0.1, 0.15) is 12.6 Å². The van der Waals surface area contributed by atoms with Crippen LogP contribution in [-0.2, 0) is 11.3 Å². The summed E-state index contributed by atoms with van der Waals surface area (Å²) in [6.45, 7) is 4.48. The first-order valence-corrected chi connectivity index (χ1v) is 9.12. The lowest BCUT2D eigenvalue weighted by molar-refractivity contribution is -0.133. The minimum absolute atomic E-state index is 0.106. The summed E-state index contributed by atoms with van der Waals surface area (Å²) >= 11 is 0. The molecule has 3 heterocycles. The predicted molar refractivity (Wildman–Crippen MR) is 98.1 cm³/mol. The van der Waals surface area contributed by atoms with Crippen LogP contribution in [0, 0.1) is 0 Å². The number of hydrogen-bond donors (Lipinski definition) is 0. The average molecular weight is 367 g/mol. The zero-order valence-corrected chi connectivity index (χ0v) is 15.3. The van der Waals surface area contributed by atoms with Crippen LogP contribution in [0.3, 0.4) is 0 Å². The first-order chi connectivity index (χ1) is 13.0. The van der Waals surface area contributed by atoms with Crippen molar-refractivity contribution in [1.82, 2.24) is 24.8 Å². The average Bonchev–Trinajstić information content (AvgIpc) is 3.33. The van der Waals surface area contributed by atoms with Gasteiger partial charge in [-0.25, -0.2) is 4.68 Å². The molecule has 0 aliphatic carbocycles. The molecule has 0 unspecified atom stereocenters. The largest absolute Gasteiger partial charge is 0.337 e. The van der Waals surface area contributed by atoms with Crippen molar-refractivity contribution in [2.75, 3.05) is 6.54 Å². The van der Waals surface area contributed by atoms with Crippen LogP contribution in [0.4, 0.5) is 0 Å². The first kappa shape index (κ1) is 17.4. The van der Waals surface area contributed by atoms with Gasteiger partial charge in [0, 0.05) is 17.8 Å². The zero-order valence-electron chi connectivity index (χ0n) is 15.3. The van der Waals surface area contributed by atoms with Crippen LogP contribution in [0.15, 0.2) is 39.8 Å². The predicted octanol–water partition coefficient (Wildman–Crippen LogP) is 2.27. The molecule has 8 nitrogen and oxygen atoms in total. The van der Waals surface area contributed by atoms with E-state index in [1.54, 1.807) is 23.2 Å². The number of hydrogen-bond acceptors (Lipinski definition) is 6. The van der Waals surface area contributed by atoms with E-state index in [1.165, 1.54) is 4.68 Å². The van der Waals surface area contributed by atoms with Gasteiger partial charge in [0.15, 0.2) is 5.82 Å². The van der Waals surface area contributed by atoms with Gasteiger partial charge in [-0.05, 0) is 18.9 Å². The maximum absolute atomic E-state index is 12.9. The van der Waals surface area contributed by atoms with Crippen molar-refractivity contribution in [2.45, 2.75) is 45.2 Å². The van der Waals surface area contributed by atoms with Crippen LogP contribution < -0.4 is 5.56 Å². The lowest BCUT2D eigenvalue weighted by Crippen LogP contribution is -2.37. The Bertz CT molecular complexity index is 1040. The van der Waals surface area contributed by atoms with Gasteiger partial charge in [0.2, 0.25) is 11.8 Å². The molecule has 1 fully saturated rings. The smallest absolute Gasteiger partial charge is 0.275 e. The number of likely N-dealkylation sites (tertiary alicyclic amines) is 1. The molecule has 1 aromatic carbocycles. The molecule has 1 atom stereocenters. The van der Waals surface area contributed by atoms with Crippen LogP contribution in [0.25, 0.3) is 10.8 Å². The van der Waals surface area contributed by atoms with Gasteiger partial charge in [-0.2, -0.15) is 10.1 Å². The number of aromatic nitrogens is 4. The van der Waals surface area contributed by atoms with E-state index in [1.807, 2.05) is 26.0 Å². The van der Waals surface area contributed by atoms with Gasteiger partial charge in [-0.1, -0.05) is 37.2 Å². The van der Waals surface area contributed by atoms with Crippen molar-refractivity contribution in [1.29, 1.82) is 0 Å². The normalized spacial score (nSPS) is 17.1. The third-order valence-electron chi connectivity index (χ3n) is 4.88. The first-order valence-electron chi connectivity index (χ1n) is 9.12. The Kier molecular flexibility index (Phi) is 4.47. The van der Waals surface area contributed by atoms with E-state index in [0.29, 0.717) is 23.6 Å². The highest BCUT2D eigenvalue weighted by Gasteiger charge is 2.34. The second-order valence-electron chi connectivity index (χ2n) is 7.09. The van der Waals surface area contributed by atoms with E-state index in [2.05, 4.69) is 15.2 Å². The van der Waals surface area contributed by atoms with Gasteiger partial charge in [-0.3, -0.25) is 9.59 Å². The number of fused-ring (bicyclic) bond motifs is 1. The highest BCUT2D eigenvalue weighted by molar-refractivity contribution is 5.81. The molecule has 1 aliphatic heterocycles. The molecule has 0 bridgehead atoms. The van der Waals surface area contributed by atoms with Crippen molar-refractivity contribution in [3.63, 3.8) is 0 Å². The quantitative estimate of drug-likeness (QED) is 0.702. The topological polar surface area (TPSA) is 94.1 Å². The zero-order chi connectivity index (χ0) is 19.0. The molecule has 0 saturated carbocycles. The third-order valence-corrected chi connectivity index (χ3v) is 4.88. The fourth-order valence-corrected chi connectivity index (χ4v) is 3.40. The van der Waals surface area contributed by atoms with E-state index >= 15 is 0 Å². The summed E-state index contributed by atoms with van der Waals surface area (Å²) in [6.07, 6.45) is 3.24. The molecule has 0 spiro atoms. The lowest BCUT2D eigenvalue weighted by Gasteiger charge is -2.22. The van der Waals surface area contributed by atoms with Crippen molar-refractivity contribution >= 4 is 16.7 Å². The summed E-state index contributed by atoms with van der Waals surface area (Å²) < 4.78 is 6.60. The van der Waals surface area contributed by atoms with E-state index in [9.17, 15) is 9.59 Å². The Morgan fingerprint density at radius 2 is 2.15 bits per heavy atom. The molecule has 2 aromatic heterocycles. The summed E-state index contributed by atoms with van der Waals surface area (Å²) in [6, 6.07) is 6.98. The minimum Gasteiger partial charge on any atom is -0.337 e. The molecule has 1 amide bonds. The summed E-state index contributed by atoms with van der Waals surface area (Å²) in [4.78, 5) is 31.6. The molecule has 140 valence electrons. The second kappa shape index (κ2) is 6.94. The van der Waals surface area contributed by atoms with Crippen LogP contribution >= 0.6 is 0 Å². The van der Waals surface area contributed by atoms with Gasteiger partial charge in [-0.15, -0.1) is 0 Å². The second-order valence-corrected chi connectivity index (χ2v) is 7.09. The molecule has 0 N–H and O–H groups in total. The molecule has 27 heavy (non-hydrogen) atoms. The Hall–Kier alpha value is -3.03. The van der Waals surface area contributed by atoms with Gasteiger partial charge in [0.25, 0.3) is 5.56 Å². The van der Waals surface area contributed by atoms with E-state index in [0.717, 1.165) is 18.2 Å². The standard InChI is InChI=1S/C19H21N5O3/c1-12(2)17-21-18(27-22-17)15-8-5-9-23(15)16(25)11-24-19(26)14-7-4-3-6-13(14)10-20-24/h3-4,6-7,10,12,15H,5,8-9,11H2,1-2H3/t15-/m1/s1. The number of nitrogens with zero attached hydrogens (tertiary/aromatic N) is 5. The number of carbonyl (C=O) groups excluding carboxylic acids is 1. The maximum atomic E-state index is 12.9. The monoisotopic (exact) mass is 367 g/mol. The molecule has 1 saturated heterocycles. The van der Waals surface area contributed by atoms with E-state index in [-0.39, 0.29) is 30.0 Å². The van der Waals surface area contributed by atoms with Crippen LogP contribution in [0.5, 0.6) is 0 Å². The van der Waals surface area contributed by atoms with Crippen LogP contribution in [0.1, 0.15) is 50.4 Å². The number of amides is 1. The molecule has 0 radical (unpaired) electrons. The summed E-state index contributed by atoms with van der Waals surface area (Å²) in [7, 11) is 0. The highest BCUT2D eigenvalue weighted by Crippen LogP contribution is 2.31. The fraction of sp³-hybridized carbons (Fsp3) is 0.421. The molecule has 4 rings (SSSR count). The third kappa shape index (κ3) is 3.22. The van der Waals surface area contributed by atoms with Gasteiger partial charge in [0.05, 0.1) is 11.6 Å². The van der Waals surface area contributed by atoms with Crippen molar-refractivity contribution < 1.29 is 9.32 Å². The summed E-state index contributed by atoms with van der Waals surface area (Å²) in [5.74, 6) is 1.08. The Balaban J connectivity index is 1.57. The summed E-state index contributed by atoms with van der Waals surface area (Å²) in [5, 5.41) is 9.46. The Morgan fingerprint density at radius 3 is 2.93 bits per heavy atom. The SMILES string of the molecule is CC(C)c1noc([C@H]2CCCN2C(=O)Cn2ncc3ccccc3c2=O)n1. The molecular formula is C19H21N5O3. The fourth-order valence-electron chi connectivity index (χ4n) is 3.40. The molecule has 3 aromatic rings. The van der Waals surface area contributed by atoms with Gasteiger partial charge < -0.3 is 9.42 Å². The summed E-state index contributed by atoms with van der Waals surface area (Å²) in [5.41, 5.74) is -0.267. The number of rotatable bonds is 4. The number of benzene rings is 1. The molecule has 8 heteroatoms. The van der Waals surface area contributed by atoms with E-state index in [4.69, 9.17) is 4.52 Å². The molecular weight excluding hydrogens is 346 g/mol. The minimum atomic E-state index is -0.267. The van der Waals surface area contributed by atoms with E-state index < -0.39 is 0 Å². The van der Waals surface area contributed by atoms with Crippen molar-refractivity contribution in [3.05, 3.63) is 52.5 Å². The van der Waals surface area contributed by atoms with Crippen molar-refractivity contribution in [2.24, 2.45) is 0 Å². The number of carbonyl (C=O) groups is 1.